The van der Waals surface area contributed by atoms with Crippen molar-refractivity contribution in [2.45, 2.75) is 44.9 Å². The number of phenols is 1. The van der Waals surface area contributed by atoms with Crippen LogP contribution >= 0.6 is 0 Å². The summed E-state index contributed by atoms with van der Waals surface area (Å²) in [5.74, 6) is 0.284. The molecule has 0 bridgehead atoms. The lowest BCUT2D eigenvalue weighted by Crippen LogP contribution is -2.42. The van der Waals surface area contributed by atoms with Crippen LogP contribution in [0.15, 0.2) is 12.1 Å². The smallest absolute Gasteiger partial charge is 0.139 e. The molecule has 0 aromatic heterocycles. The average molecular weight is 264 g/mol. The molecule has 2 rings (SSSR count). The molecule has 1 aliphatic carbocycles. The molecule has 0 unspecified atom stereocenters. The van der Waals surface area contributed by atoms with Crippen molar-refractivity contribution in [3.05, 3.63) is 23.3 Å². The molecule has 0 spiro atoms. The van der Waals surface area contributed by atoms with Crippen LogP contribution < -0.4 is 10.2 Å². The lowest BCUT2D eigenvalue weighted by Gasteiger charge is -2.34. The Hall–Kier alpha value is -1.26. The Morgan fingerprint density at radius 1 is 1.32 bits per heavy atom. The minimum absolute atomic E-state index is 0.0899. The number of nitrogens with one attached hydrogen (secondary N) is 1. The largest absolute Gasteiger partial charge is 0.506 e. The second-order valence-electron chi connectivity index (χ2n) is 5.81. The Bertz CT molecular complexity index is 458. The van der Waals surface area contributed by atoms with Crippen molar-refractivity contribution < 1.29 is 10.2 Å². The van der Waals surface area contributed by atoms with Crippen LogP contribution in [0.3, 0.4) is 0 Å². The number of benzene rings is 1. The maximum Gasteiger partial charge on any atom is 0.139 e. The molecule has 4 heteroatoms. The van der Waals surface area contributed by atoms with Gasteiger partial charge in [0, 0.05) is 26.2 Å². The van der Waals surface area contributed by atoms with E-state index in [0.717, 1.165) is 29.7 Å². The predicted octanol–water partition coefficient (Wildman–Crippen LogP) is 1.80. The number of phenolic OH excluding ortho intramolecular Hbond substituents is 1. The van der Waals surface area contributed by atoms with Crippen LogP contribution in [-0.4, -0.2) is 36.4 Å². The van der Waals surface area contributed by atoms with Crippen LogP contribution in [0.5, 0.6) is 5.75 Å². The zero-order valence-electron chi connectivity index (χ0n) is 12.1. The second kappa shape index (κ2) is 5.39. The molecule has 0 amide bonds. The summed E-state index contributed by atoms with van der Waals surface area (Å²) in [5.41, 5.74) is 2.84. The maximum absolute atomic E-state index is 10.5. The van der Waals surface area contributed by atoms with E-state index in [1.165, 1.54) is 0 Å². The average Bonchev–Trinajstić information content (AvgIpc) is 2.31. The Labute approximate surface area is 115 Å². The van der Waals surface area contributed by atoms with E-state index in [1.807, 2.05) is 25.1 Å². The highest BCUT2D eigenvalue weighted by molar-refractivity contribution is 5.66. The predicted molar refractivity (Wildman–Crippen MR) is 77.8 cm³/mol. The topological polar surface area (TPSA) is 55.7 Å². The number of anilines is 1. The first-order valence-electron chi connectivity index (χ1n) is 6.88. The van der Waals surface area contributed by atoms with Gasteiger partial charge in [-0.15, -0.1) is 0 Å². The number of fused-ring (bicyclic) bond motifs is 1. The van der Waals surface area contributed by atoms with Crippen LogP contribution in [0.25, 0.3) is 0 Å². The lowest BCUT2D eigenvalue weighted by atomic mass is 9.84. The summed E-state index contributed by atoms with van der Waals surface area (Å²) >= 11 is 0. The molecule has 1 aromatic carbocycles. The molecule has 0 heterocycles. The summed E-state index contributed by atoms with van der Waals surface area (Å²) in [6.07, 6.45) is 1.25. The van der Waals surface area contributed by atoms with Gasteiger partial charge in [0.25, 0.3) is 0 Å². The van der Waals surface area contributed by atoms with Gasteiger partial charge in [-0.2, -0.15) is 0 Å². The van der Waals surface area contributed by atoms with Crippen molar-refractivity contribution in [3.8, 4) is 5.75 Å². The summed E-state index contributed by atoms with van der Waals surface area (Å²) in [6, 6.07) is 3.96. The highest BCUT2D eigenvalue weighted by Gasteiger charge is 2.30. The van der Waals surface area contributed by atoms with E-state index in [-0.39, 0.29) is 11.8 Å². The van der Waals surface area contributed by atoms with Gasteiger partial charge in [0.15, 0.2) is 0 Å². The van der Waals surface area contributed by atoms with Gasteiger partial charge in [0.2, 0.25) is 0 Å². The molecule has 0 saturated heterocycles. The van der Waals surface area contributed by atoms with E-state index in [2.05, 4.69) is 19.2 Å². The molecule has 0 radical (unpaired) electrons. The van der Waals surface area contributed by atoms with Gasteiger partial charge in [-0.25, -0.2) is 0 Å². The van der Waals surface area contributed by atoms with Crippen molar-refractivity contribution in [1.82, 2.24) is 5.32 Å². The van der Waals surface area contributed by atoms with Gasteiger partial charge in [0.1, 0.15) is 5.75 Å². The van der Waals surface area contributed by atoms with E-state index in [0.29, 0.717) is 6.04 Å². The third-order valence-corrected chi connectivity index (χ3v) is 3.70. The standard InChI is InChI=1S/C15H24N2O2/c1-9(2)16-12-7-5-10-11(15(12)19)6-8-13(18)14(10)17(3)4/h6,8-9,12,15-16,18-19H,5,7H2,1-4H3/t12-,15-/m0/s1. The molecular weight excluding hydrogens is 240 g/mol. The fraction of sp³-hybridized carbons (Fsp3) is 0.600. The molecule has 1 aliphatic rings. The molecule has 0 fully saturated rings. The van der Waals surface area contributed by atoms with E-state index in [1.54, 1.807) is 6.07 Å². The molecule has 106 valence electrons. The number of aromatic hydroxyl groups is 1. The third kappa shape index (κ3) is 2.69. The number of hydrogen-bond acceptors (Lipinski definition) is 4. The molecule has 1 aromatic rings. The van der Waals surface area contributed by atoms with Crippen LogP contribution in [0.4, 0.5) is 5.69 Å². The van der Waals surface area contributed by atoms with E-state index in [4.69, 9.17) is 0 Å². The highest BCUT2D eigenvalue weighted by Crippen LogP contribution is 2.40. The first kappa shape index (κ1) is 14.2. The van der Waals surface area contributed by atoms with Crippen molar-refractivity contribution in [2.24, 2.45) is 0 Å². The first-order valence-corrected chi connectivity index (χ1v) is 6.88. The number of hydrogen-bond donors (Lipinski definition) is 3. The number of rotatable bonds is 3. The minimum Gasteiger partial charge on any atom is -0.506 e. The zero-order chi connectivity index (χ0) is 14.2. The van der Waals surface area contributed by atoms with Crippen LogP contribution in [0, 0.1) is 0 Å². The van der Waals surface area contributed by atoms with Gasteiger partial charge < -0.3 is 20.4 Å². The van der Waals surface area contributed by atoms with Crippen LogP contribution in [0.1, 0.15) is 37.5 Å². The number of aliphatic hydroxyl groups excluding tert-OH is 1. The van der Waals surface area contributed by atoms with Crippen molar-refractivity contribution in [3.63, 3.8) is 0 Å². The van der Waals surface area contributed by atoms with Gasteiger partial charge in [-0.05, 0) is 30.0 Å². The Balaban J connectivity index is 2.38. The minimum atomic E-state index is -0.509. The maximum atomic E-state index is 10.5. The SMILES string of the molecule is CC(C)N[C@H]1CCc2c(ccc(O)c2N(C)C)[C@@H]1O. The van der Waals surface area contributed by atoms with Crippen LogP contribution in [-0.2, 0) is 6.42 Å². The van der Waals surface area contributed by atoms with E-state index >= 15 is 0 Å². The Morgan fingerprint density at radius 3 is 2.58 bits per heavy atom. The normalized spacial score (nSPS) is 22.4. The molecule has 0 saturated carbocycles. The number of nitrogens with zero attached hydrogens (tertiary/aromatic N) is 1. The molecule has 3 N–H and O–H groups in total. The third-order valence-electron chi connectivity index (χ3n) is 3.70. The second-order valence-corrected chi connectivity index (χ2v) is 5.81. The highest BCUT2D eigenvalue weighted by atomic mass is 16.3. The molecule has 2 atom stereocenters. The Kier molecular flexibility index (Phi) is 4.02. The van der Waals surface area contributed by atoms with Gasteiger partial charge in [0.05, 0.1) is 11.8 Å². The van der Waals surface area contributed by atoms with Crippen molar-refractivity contribution >= 4 is 5.69 Å². The van der Waals surface area contributed by atoms with Crippen LogP contribution in [0.2, 0.25) is 0 Å². The first-order chi connectivity index (χ1) is 8.91. The fourth-order valence-corrected chi connectivity index (χ4v) is 2.96. The van der Waals surface area contributed by atoms with E-state index in [9.17, 15) is 10.2 Å². The van der Waals surface area contributed by atoms with Gasteiger partial charge in [-0.3, -0.25) is 0 Å². The lowest BCUT2D eigenvalue weighted by molar-refractivity contribution is 0.110. The summed E-state index contributed by atoms with van der Waals surface area (Å²) in [7, 11) is 3.83. The molecular formula is C15H24N2O2. The summed E-state index contributed by atoms with van der Waals surface area (Å²) in [5, 5.41) is 23.9. The quantitative estimate of drug-likeness (QED) is 0.779. The van der Waals surface area contributed by atoms with E-state index < -0.39 is 6.10 Å². The van der Waals surface area contributed by atoms with Gasteiger partial charge >= 0.3 is 0 Å². The Morgan fingerprint density at radius 2 is 2.00 bits per heavy atom. The summed E-state index contributed by atoms with van der Waals surface area (Å²) in [4.78, 5) is 1.91. The molecule has 19 heavy (non-hydrogen) atoms. The zero-order valence-corrected chi connectivity index (χ0v) is 12.1. The number of aliphatic hydroxyl groups is 1. The van der Waals surface area contributed by atoms with Crippen molar-refractivity contribution in [1.29, 1.82) is 0 Å². The molecule has 0 aliphatic heterocycles. The monoisotopic (exact) mass is 264 g/mol. The van der Waals surface area contributed by atoms with Gasteiger partial charge in [-0.1, -0.05) is 19.9 Å². The molecule has 4 nitrogen and oxygen atoms in total. The van der Waals surface area contributed by atoms with Crippen molar-refractivity contribution in [2.75, 3.05) is 19.0 Å². The summed E-state index contributed by atoms with van der Waals surface area (Å²) < 4.78 is 0. The summed E-state index contributed by atoms with van der Waals surface area (Å²) in [6.45, 7) is 4.18. The fourth-order valence-electron chi connectivity index (χ4n) is 2.96.